The van der Waals surface area contributed by atoms with Crippen molar-refractivity contribution < 1.29 is 68.3 Å². The number of esters is 1. The van der Waals surface area contributed by atoms with Gasteiger partial charge < -0.3 is 67.3 Å². The Labute approximate surface area is 435 Å². The molecule has 0 saturated carbocycles. The number of nitrogens with two attached hydrogens (primary N) is 1. The number of nitrogens with zero attached hydrogens (tertiary/aromatic N) is 2. The van der Waals surface area contributed by atoms with Crippen molar-refractivity contribution in [3.63, 3.8) is 0 Å². The topological polar surface area (TPSA) is 336 Å². The number of phenolic OH excluding ortho intramolecular Hbond substituents is 2. The van der Waals surface area contributed by atoms with Crippen LogP contribution >= 0.6 is 0 Å². The minimum absolute atomic E-state index is 0.0588. The van der Waals surface area contributed by atoms with Crippen molar-refractivity contribution in [1.82, 2.24) is 36.4 Å². The summed E-state index contributed by atoms with van der Waals surface area (Å²) in [6.45, 7) is 7.98. The molecule has 75 heavy (non-hydrogen) atoms. The minimum atomic E-state index is -1.91. The third kappa shape index (κ3) is 15.7. The number of phenols is 2. The second kappa shape index (κ2) is 26.6. The fourth-order valence-corrected chi connectivity index (χ4v) is 8.97. The van der Waals surface area contributed by atoms with Crippen molar-refractivity contribution in [3.05, 3.63) is 95.6 Å². The maximum atomic E-state index is 14.8. The van der Waals surface area contributed by atoms with Crippen molar-refractivity contribution >= 4 is 53.2 Å². The van der Waals surface area contributed by atoms with Crippen molar-refractivity contribution in [1.29, 1.82) is 0 Å². The quantitative estimate of drug-likeness (QED) is 0.0843. The Morgan fingerprint density at radius 3 is 1.96 bits per heavy atom. The Hall–Kier alpha value is -7.59. The van der Waals surface area contributed by atoms with E-state index in [4.69, 9.17) is 10.5 Å². The molecule has 2 fully saturated rings. The van der Waals surface area contributed by atoms with Gasteiger partial charge in [0.05, 0.1) is 0 Å². The van der Waals surface area contributed by atoms with Gasteiger partial charge in [-0.1, -0.05) is 88.7 Å². The number of piperidine rings is 1. The standard InChI is InChI=1S/C53H70N8O14/c1-7-29(4)43-53(74)75-30(5)44(59-46(67)36(21-23-41(54)65)55-49(70)40(64)27-33-15-19-35(63)20-16-33)50(71)57-38(25-32-13-17-34(62)18-14-32)47(68)56-37-22-24-42(66)61(51(37)72)45(28(2)3)52(73)60(6)39(48(69)58-43)26-31-11-9-8-10-12-31/h8-20,28-30,36-40,42-45,62-64,66H,7,21-27H2,1-6H3,(H2,54,65)(H,55,70)(H,56,68)(H,57,71)(H,58,69)(H,59,67)/t29-,30+,36-,37?,38-,39?,40?,42+,43-,44-,45-/m0/s1. The summed E-state index contributed by atoms with van der Waals surface area (Å²) in [7, 11) is 1.38. The number of carbonyl (C=O) groups excluding carboxylic acids is 9. The van der Waals surface area contributed by atoms with Crippen molar-refractivity contribution in [2.75, 3.05) is 7.05 Å². The van der Waals surface area contributed by atoms with Gasteiger partial charge in [-0.2, -0.15) is 0 Å². The minimum Gasteiger partial charge on any atom is -0.508 e. The number of fused-ring (bicyclic) bond motifs is 2. The van der Waals surface area contributed by atoms with Crippen molar-refractivity contribution in [2.24, 2.45) is 17.6 Å². The monoisotopic (exact) mass is 1040 g/mol. The lowest BCUT2D eigenvalue weighted by atomic mass is 9.93. The van der Waals surface area contributed by atoms with Crippen LogP contribution in [0, 0.1) is 11.8 Å². The highest BCUT2D eigenvalue weighted by Gasteiger charge is 2.47. The SMILES string of the molecule is CC[C@H](C)[C@@H]1NC(=O)C(Cc2ccccc2)N(C)C(=O)[C@H](C(C)C)N2C(=O)C(CC[C@H]2O)NC(=O)[C@H](Cc2ccc(O)cc2)NC(=O)[C@@H](NC(=O)[C@H](CCC(N)=O)NC(=O)C(O)Cc2ccc(O)cc2)[C@@H](C)OC1=O. The van der Waals surface area contributed by atoms with Gasteiger partial charge in [0.15, 0.2) is 0 Å². The molecule has 0 radical (unpaired) electrons. The van der Waals surface area contributed by atoms with E-state index < -0.39 is 139 Å². The molecule has 11 atom stereocenters. The third-order valence-electron chi connectivity index (χ3n) is 13.6. The van der Waals surface area contributed by atoms with Crippen LogP contribution in [0.3, 0.4) is 0 Å². The largest absolute Gasteiger partial charge is 0.508 e. The van der Waals surface area contributed by atoms with E-state index >= 15 is 0 Å². The number of primary amides is 1. The second-order valence-corrected chi connectivity index (χ2v) is 19.6. The lowest BCUT2D eigenvalue weighted by molar-refractivity contribution is -0.167. The molecule has 5 rings (SSSR count). The smallest absolute Gasteiger partial charge is 0.329 e. The highest BCUT2D eigenvalue weighted by Crippen LogP contribution is 2.27. The van der Waals surface area contributed by atoms with Crippen LogP contribution in [0.5, 0.6) is 11.5 Å². The maximum Gasteiger partial charge on any atom is 0.329 e. The van der Waals surface area contributed by atoms with Crippen LogP contribution in [0.4, 0.5) is 0 Å². The molecule has 22 heteroatoms. The number of cyclic esters (lactones) is 1. The molecule has 2 aliphatic heterocycles. The summed E-state index contributed by atoms with van der Waals surface area (Å²) in [5, 5.41) is 55.0. The number of hydrogen-bond acceptors (Lipinski definition) is 14. The Morgan fingerprint density at radius 1 is 0.773 bits per heavy atom. The Kier molecular flexibility index (Phi) is 20.7. The van der Waals surface area contributed by atoms with Gasteiger partial charge in [0.1, 0.15) is 72.2 Å². The molecule has 3 unspecified atom stereocenters. The van der Waals surface area contributed by atoms with Crippen LogP contribution in [0.15, 0.2) is 78.9 Å². The molecule has 2 heterocycles. The molecule has 0 aromatic heterocycles. The van der Waals surface area contributed by atoms with Gasteiger partial charge in [0.2, 0.25) is 47.3 Å². The summed E-state index contributed by atoms with van der Waals surface area (Å²) < 4.78 is 5.95. The summed E-state index contributed by atoms with van der Waals surface area (Å²) in [4.78, 5) is 130. The van der Waals surface area contributed by atoms with Gasteiger partial charge in [0.25, 0.3) is 0 Å². The van der Waals surface area contributed by atoms with Crippen LogP contribution in [0.2, 0.25) is 0 Å². The average Bonchev–Trinajstić information content (AvgIpc) is 3.37. The first-order chi connectivity index (χ1) is 35.5. The van der Waals surface area contributed by atoms with E-state index in [9.17, 15) is 63.6 Å². The van der Waals surface area contributed by atoms with Crippen LogP contribution < -0.4 is 32.3 Å². The molecular formula is C53H70N8O14. The number of aliphatic hydroxyl groups is 2. The Bertz CT molecular complexity index is 2510. The van der Waals surface area contributed by atoms with E-state index in [2.05, 4.69) is 26.6 Å². The van der Waals surface area contributed by atoms with E-state index in [0.717, 1.165) is 9.80 Å². The molecule has 11 N–H and O–H groups in total. The number of carbonyl (C=O) groups is 9. The van der Waals surface area contributed by atoms with Gasteiger partial charge in [-0.15, -0.1) is 0 Å². The zero-order valence-electron chi connectivity index (χ0n) is 42.9. The number of hydrogen-bond donors (Lipinski definition) is 10. The molecule has 406 valence electrons. The third-order valence-corrected chi connectivity index (χ3v) is 13.6. The fraction of sp³-hybridized carbons (Fsp3) is 0.491. The Morgan fingerprint density at radius 2 is 1.37 bits per heavy atom. The first-order valence-corrected chi connectivity index (χ1v) is 25.0. The molecular weight excluding hydrogens is 973 g/mol. The second-order valence-electron chi connectivity index (χ2n) is 19.6. The normalized spacial score (nSPS) is 24.5. The summed E-state index contributed by atoms with van der Waals surface area (Å²) >= 11 is 0. The van der Waals surface area contributed by atoms with E-state index in [0.29, 0.717) is 23.1 Å². The van der Waals surface area contributed by atoms with Gasteiger partial charge in [0, 0.05) is 32.7 Å². The Balaban J connectivity index is 1.60. The molecule has 2 saturated heterocycles. The summed E-state index contributed by atoms with van der Waals surface area (Å²) in [5.41, 5.74) is 6.92. The van der Waals surface area contributed by atoms with Crippen LogP contribution in [0.1, 0.15) is 83.4 Å². The number of benzene rings is 3. The van der Waals surface area contributed by atoms with E-state index in [1.165, 1.54) is 62.5 Å². The van der Waals surface area contributed by atoms with Crippen molar-refractivity contribution in [3.8, 4) is 11.5 Å². The highest BCUT2D eigenvalue weighted by atomic mass is 16.5. The summed E-state index contributed by atoms with van der Waals surface area (Å²) in [6.07, 6.45) is -6.26. The highest BCUT2D eigenvalue weighted by molar-refractivity contribution is 5.98. The first kappa shape index (κ1) is 58.3. The predicted molar refractivity (Wildman–Crippen MR) is 270 cm³/mol. The molecule has 2 aliphatic rings. The zero-order valence-corrected chi connectivity index (χ0v) is 42.9. The van der Waals surface area contributed by atoms with Gasteiger partial charge in [-0.25, -0.2) is 4.79 Å². The molecule has 22 nitrogen and oxygen atoms in total. The van der Waals surface area contributed by atoms with Gasteiger partial charge >= 0.3 is 5.97 Å². The number of ether oxygens (including phenoxy) is 1. The fourth-order valence-electron chi connectivity index (χ4n) is 8.97. The van der Waals surface area contributed by atoms with Crippen LogP contribution in [-0.4, -0.2) is 151 Å². The molecule has 0 aliphatic carbocycles. The average molecular weight is 1040 g/mol. The van der Waals surface area contributed by atoms with Crippen molar-refractivity contribution in [2.45, 2.75) is 147 Å². The van der Waals surface area contributed by atoms with E-state index in [1.807, 2.05) is 0 Å². The predicted octanol–water partition coefficient (Wildman–Crippen LogP) is -0.0401. The first-order valence-electron chi connectivity index (χ1n) is 25.0. The summed E-state index contributed by atoms with van der Waals surface area (Å²) in [6, 6.07) is 9.38. The lowest BCUT2D eigenvalue weighted by Gasteiger charge is -2.44. The summed E-state index contributed by atoms with van der Waals surface area (Å²) in [5.74, 6) is -9.96. The number of aliphatic hydroxyl groups excluding tert-OH is 2. The molecule has 3 aromatic rings. The molecule has 0 spiro atoms. The van der Waals surface area contributed by atoms with Gasteiger partial charge in [-0.3, -0.25) is 38.4 Å². The van der Waals surface area contributed by atoms with Gasteiger partial charge in [-0.05, 0) is 79.0 Å². The lowest BCUT2D eigenvalue weighted by Crippen LogP contribution is -2.66. The maximum absolute atomic E-state index is 14.8. The number of rotatable bonds is 16. The van der Waals surface area contributed by atoms with Crippen LogP contribution in [-0.2, 0) is 67.2 Å². The molecule has 2 bridgehead atoms. The number of aromatic hydroxyl groups is 2. The number of nitrogens with one attached hydrogen (secondary N) is 5. The molecule has 3 aromatic carbocycles. The van der Waals surface area contributed by atoms with Crippen LogP contribution in [0.25, 0.3) is 0 Å². The van der Waals surface area contributed by atoms with E-state index in [-0.39, 0.29) is 43.6 Å². The number of likely N-dealkylation sites (N-methyl/N-ethyl adjacent to an activating group) is 1. The number of amides is 8. The zero-order chi connectivity index (χ0) is 55.3. The molecule has 8 amide bonds. The van der Waals surface area contributed by atoms with E-state index in [1.54, 1.807) is 58.0 Å².